The van der Waals surface area contributed by atoms with E-state index in [0.717, 1.165) is 6.07 Å². The first kappa shape index (κ1) is 19.9. The van der Waals surface area contributed by atoms with Gasteiger partial charge in [-0.15, -0.1) is 0 Å². The smallest absolute Gasteiger partial charge is 0.419 e. The monoisotopic (exact) mass is 469 g/mol. The molecule has 1 atom stereocenters. The van der Waals surface area contributed by atoms with Gasteiger partial charge in [-0.1, -0.05) is 12.1 Å². The Morgan fingerprint density at radius 1 is 1.21 bits per heavy atom. The number of halogens is 5. The van der Waals surface area contributed by atoms with E-state index in [1.54, 1.807) is 19.1 Å². The van der Waals surface area contributed by atoms with Crippen molar-refractivity contribution in [2.24, 2.45) is 0 Å². The maximum Gasteiger partial charge on any atom is 0.419 e. The Labute approximate surface area is 172 Å². The minimum absolute atomic E-state index is 0.0816. The van der Waals surface area contributed by atoms with Crippen LogP contribution in [0, 0.1) is 5.82 Å². The normalized spacial score (nSPS) is 17.1. The molecule has 152 valence electrons. The fourth-order valence-electron chi connectivity index (χ4n) is 3.36. The van der Waals surface area contributed by atoms with Crippen LogP contribution in [0.25, 0.3) is 10.9 Å². The van der Waals surface area contributed by atoms with E-state index in [2.05, 4.69) is 31.2 Å². The van der Waals surface area contributed by atoms with Gasteiger partial charge in [0.2, 0.25) is 0 Å². The molecule has 0 unspecified atom stereocenters. The van der Waals surface area contributed by atoms with Crippen molar-refractivity contribution in [3.05, 3.63) is 57.6 Å². The molecule has 0 radical (unpaired) electrons. The highest BCUT2D eigenvalue weighted by atomic mass is 79.9. The minimum atomic E-state index is -4.53. The summed E-state index contributed by atoms with van der Waals surface area (Å²) in [6.07, 6.45) is -3.72. The summed E-state index contributed by atoms with van der Waals surface area (Å²) in [4.78, 5) is 8.92. The van der Waals surface area contributed by atoms with Crippen LogP contribution in [0.2, 0.25) is 0 Å². The number of nitrogens with zero attached hydrogens (tertiary/aromatic N) is 2. The zero-order chi connectivity index (χ0) is 20.8. The van der Waals surface area contributed by atoms with E-state index in [1.165, 1.54) is 12.1 Å². The summed E-state index contributed by atoms with van der Waals surface area (Å²) in [5, 5.41) is 3.73. The third-order valence-corrected chi connectivity index (χ3v) is 5.35. The lowest BCUT2D eigenvalue weighted by Crippen LogP contribution is -2.15. The topological polar surface area (TPSA) is 47.0 Å². The fourth-order valence-corrected chi connectivity index (χ4v) is 3.70. The van der Waals surface area contributed by atoms with Crippen molar-refractivity contribution in [1.82, 2.24) is 9.97 Å². The first-order chi connectivity index (χ1) is 13.7. The summed E-state index contributed by atoms with van der Waals surface area (Å²) in [5.74, 6) is 0.274. The SMILES string of the molecule is C[C@H]1Nc2nc(nc3cc(F)c(Br)cc23)CCCOc2c1cccc2C(F)(F)F. The highest BCUT2D eigenvalue weighted by molar-refractivity contribution is 9.10. The zero-order valence-electron chi connectivity index (χ0n) is 15.3. The number of hydrogen-bond donors (Lipinski definition) is 1. The van der Waals surface area contributed by atoms with Crippen LogP contribution >= 0.6 is 15.9 Å². The van der Waals surface area contributed by atoms with E-state index in [-0.39, 0.29) is 16.8 Å². The Balaban J connectivity index is 1.87. The summed E-state index contributed by atoms with van der Waals surface area (Å²) in [6, 6.07) is 6.30. The molecule has 9 heteroatoms. The Bertz CT molecular complexity index is 1090. The Hall–Kier alpha value is -2.42. The first-order valence-corrected chi connectivity index (χ1v) is 9.78. The summed E-state index contributed by atoms with van der Waals surface area (Å²) in [5.41, 5.74) is -0.0126. The van der Waals surface area contributed by atoms with Gasteiger partial charge in [0.05, 0.1) is 28.2 Å². The molecule has 1 N–H and O–H groups in total. The van der Waals surface area contributed by atoms with E-state index in [0.29, 0.717) is 41.0 Å². The number of ether oxygens (including phenoxy) is 1. The average Bonchev–Trinajstić information content (AvgIpc) is 2.67. The fraction of sp³-hybridized carbons (Fsp3) is 0.300. The van der Waals surface area contributed by atoms with Crippen molar-refractivity contribution in [2.45, 2.75) is 32.0 Å². The zero-order valence-corrected chi connectivity index (χ0v) is 16.9. The van der Waals surface area contributed by atoms with Crippen molar-refractivity contribution >= 4 is 32.7 Å². The molecule has 0 saturated carbocycles. The molecule has 29 heavy (non-hydrogen) atoms. The predicted octanol–water partition coefficient (Wildman–Crippen LogP) is 6.05. The van der Waals surface area contributed by atoms with E-state index in [9.17, 15) is 17.6 Å². The molecule has 2 bridgehead atoms. The van der Waals surface area contributed by atoms with Crippen molar-refractivity contribution in [3.63, 3.8) is 0 Å². The number of alkyl halides is 3. The lowest BCUT2D eigenvalue weighted by molar-refractivity contribution is -0.139. The van der Waals surface area contributed by atoms with Crippen molar-refractivity contribution in [1.29, 1.82) is 0 Å². The summed E-state index contributed by atoms with van der Waals surface area (Å²) in [7, 11) is 0. The van der Waals surface area contributed by atoms with Crippen LogP contribution in [-0.4, -0.2) is 16.6 Å². The number of fused-ring (bicyclic) bond motifs is 5. The number of anilines is 1. The van der Waals surface area contributed by atoms with E-state index in [1.807, 2.05) is 0 Å². The van der Waals surface area contributed by atoms with Gasteiger partial charge in [-0.05, 0) is 41.4 Å². The number of aromatic nitrogens is 2. The number of nitrogens with one attached hydrogen (secondary N) is 1. The third-order valence-electron chi connectivity index (χ3n) is 4.75. The van der Waals surface area contributed by atoms with Gasteiger partial charge in [0.1, 0.15) is 23.2 Å². The maximum absolute atomic E-state index is 14.0. The molecule has 1 aliphatic heterocycles. The molecule has 0 spiro atoms. The molecule has 1 aromatic heterocycles. The van der Waals surface area contributed by atoms with Crippen LogP contribution in [-0.2, 0) is 12.6 Å². The molecule has 1 aliphatic rings. The Morgan fingerprint density at radius 2 is 2.00 bits per heavy atom. The van der Waals surface area contributed by atoms with Crippen LogP contribution < -0.4 is 10.1 Å². The van der Waals surface area contributed by atoms with Gasteiger partial charge in [-0.3, -0.25) is 0 Å². The van der Waals surface area contributed by atoms with Gasteiger partial charge in [0.25, 0.3) is 0 Å². The molecule has 3 aromatic rings. The van der Waals surface area contributed by atoms with Gasteiger partial charge in [-0.2, -0.15) is 13.2 Å². The number of benzene rings is 2. The number of para-hydroxylation sites is 1. The quantitative estimate of drug-likeness (QED) is 0.407. The van der Waals surface area contributed by atoms with E-state index < -0.39 is 23.6 Å². The molecule has 0 fully saturated rings. The summed E-state index contributed by atoms with van der Waals surface area (Å²) in [6.45, 7) is 1.81. The highest BCUT2D eigenvalue weighted by Crippen LogP contribution is 2.41. The Morgan fingerprint density at radius 3 is 2.76 bits per heavy atom. The second-order valence-corrected chi connectivity index (χ2v) is 7.67. The first-order valence-electron chi connectivity index (χ1n) is 8.99. The molecule has 0 amide bonds. The number of hydrogen-bond acceptors (Lipinski definition) is 4. The van der Waals surface area contributed by atoms with Crippen molar-refractivity contribution in [2.75, 3.05) is 11.9 Å². The standard InChI is InChI=1S/C20H16BrF4N3O/c1-10-11-4-2-5-13(20(23,24)25)18(11)29-7-3-6-17-27-16-9-15(22)14(21)8-12(16)19(26-10)28-17/h2,4-5,8-10H,3,6-7H2,1H3,(H,26,27,28)/t10-/m1/s1. The Kier molecular flexibility index (Phi) is 5.10. The lowest BCUT2D eigenvalue weighted by atomic mass is 10.0. The second-order valence-electron chi connectivity index (χ2n) is 6.81. The number of rotatable bonds is 0. The van der Waals surface area contributed by atoms with Crippen molar-refractivity contribution in [3.8, 4) is 5.75 Å². The summed E-state index contributed by atoms with van der Waals surface area (Å²) >= 11 is 3.16. The third kappa shape index (κ3) is 3.88. The van der Waals surface area contributed by atoms with Gasteiger partial charge >= 0.3 is 6.18 Å². The lowest BCUT2D eigenvalue weighted by Gasteiger charge is -2.22. The molecule has 0 aliphatic carbocycles. The van der Waals surface area contributed by atoms with E-state index >= 15 is 0 Å². The van der Waals surface area contributed by atoms with Gasteiger partial charge in [0, 0.05) is 23.4 Å². The van der Waals surface area contributed by atoms with Crippen LogP contribution in [0.1, 0.15) is 36.3 Å². The molecule has 4 nitrogen and oxygen atoms in total. The van der Waals surface area contributed by atoms with Crippen LogP contribution in [0.5, 0.6) is 5.75 Å². The van der Waals surface area contributed by atoms with Crippen molar-refractivity contribution < 1.29 is 22.3 Å². The molecule has 2 aromatic carbocycles. The van der Waals surface area contributed by atoms with Gasteiger partial charge < -0.3 is 10.1 Å². The minimum Gasteiger partial charge on any atom is -0.493 e. The predicted molar refractivity (Wildman–Crippen MR) is 104 cm³/mol. The molecule has 4 rings (SSSR count). The number of aryl methyl sites for hydroxylation is 1. The van der Waals surface area contributed by atoms with Gasteiger partial charge in [0.15, 0.2) is 0 Å². The molecule has 0 saturated heterocycles. The molecular weight excluding hydrogens is 454 g/mol. The second kappa shape index (κ2) is 7.44. The summed E-state index contributed by atoms with van der Waals surface area (Å²) < 4.78 is 60.4. The van der Waals surface area contributed by atoms with Crippen LogP contribution in [0.3, 0.4) is 0 Å². The van der Waals surface area contributed by atoms with Crippen LogP contribution in [0.15, 0.2) is 34.8 Å². The molecular formula is C20H16BrF4N3O. The van der Waals surface area contributed by atoms with E-state index in [4.69, 9.17) is 4.74 Å². The van der Waals surface area contributed by atoms with Crippen LogP contribution in [0.4, 0.5) is 23.4 Å². The van der Waals surface area contributed by atoms with Gasteiger partial charge in [-0.25, -0.2) is 14.4 Å². The average molecular weight is 470 g/mol. The molecule has 2 heterocycles. The largest absolute Gasteiger partial charge is 0.493 e. The maximum atomic E-state index is 14.0. The highest BCUT2D eigenvalue weighted by Gasteiger charge is 2.36.